The number of hydrogen-bond acceptors (Lipinski definition) is 4. The zero-order chi connectivity index (χ0) is 17.1. The van der Waals surface area contributed by atoms with Crippen molar-refractivity contribution in [2.75, 3.05) is 11.5 Å². The molecule has 4 nitrogen and oxygen atoms in total. The first-order chi connectivity index (χ1) is 11.5. The molecule has 0 aromatic heterocycles. The maximum absolute atomic E-state index is 12.6. The van der Waals surface area contributed by atoms with E-state index < -0.39 is 0 Å². The normalized spacial score (nSPS) is 10.3. The molecule has 0 aliphatic heterocycles. The lowest BCUT2D eigenvalue weighted by molar-refractivity contribution is 0.103. The largest absolute Gasteiger partial charge is 0.399 e. The Morgan fingerprint density at radius 3 is 1.25 bits per heavy atom. The molecule has 0 amide bonds. The van der Waals surface area contributed by atoms with Crippen LogP contribution in [0.25, 0.3) is 0 Å². The van der Waals surface area contributed by atoms with Crippen molar-refractivity contribution in [3.63, 3.8) is 0 Å². The lowest BCUT2D eigenvalue weighted by Crippen LogP contribution is -2.06. The summed E-state index contributed by atoms with van der Waals surface area (Å²) in [5, 5.41) is 0. The highest BCUT2D eigenvalue weighted by atomic mass is 16.1. The minimum Gasteiger partial charge on any atom is -0.399 e. The molecule has 118 valence electrons. The van der Waals surface area contributed by atoms with Crippen molar-refractivity contribution in [3.8, 4) is 0 Å². The highest BCUT2D eigenvalue weighted by Crippen LogP contribution is 2.17. The van der Waals surface area contributed by atoms with E-state index >= 15 is 0 Å². The van der Waals surface area contributed by atoms with Crippen LogP contribution in [-0.4, -0.2) is 11.6 Å². The molecule has 3 aromatic carbocycles. The number of ketones is 2. The van der Waals surface area contributed by atoms with Crippen LogP contribution in [0, 0.1) is 0 Å². The number of nitrogens with two attached hydrogens (primary N) is 2. The van der Waals surface area contributed by atoms with Crippen molar-refractivity contribution in [3.05, 3.63) is 95.1 Å². The number of anilines is 2. The second-order valence-electron chi connectivity index (χ2n) is 5.49. The molecule has 0 unspecified atom stereocenters. The van der Waals surface area contributed by atoms with Crippen molar-refractivity contribution >= 4 is 22.9 Å². The molecule has 24 heavy (non-hydrogen) atoms. The molecule has 0 bridgehead atoms. The first-order valence-corrected chi connectivity index (χ1v) is 7.45. The maximum Gasteiger partial charge on any atom is 0.193 e. The van der Waals surface area contributed by atoms with Gasteiger partial charge in [-0.2, -0.15) is 0 Å². The topological polar surface area (TPSA) is 86.2 Å². The molecule has 0 heterocycles. The van der Waals surface area contributed by atoms with Gasteiger partial charge in [0.05, 0.1) is 0 Å². The summed E-state index contributed by atoms with van der Waals surface area (Å²) >= 11 is 0. The smallest absolute Gasteiger partial charge is 0.193 e. The van der Waals surface area contributed by atoms with Gasteiger partial charge in [-0.3, -0.25) is 9.59 Å². The summed E-state index contributed by atoms with van der Waals surface area (Å²) in [7, 11) is 0. The van der Waals surface area contributed by atoms with Gasteiger partial charge in [-0.15, -0.1) is 0 Å². The fraction of sp³-hybridized carbons (Fsp3) is 0. The number of rotatable bonds is 4. The van der Waals surface area contributed by atoms with Gasteiger partial charge in [-0.05, 0) is 30.3 Å². The van der Waals surface area contributed by atoms with Crippen molar-refractivity contribution in [1.82, 2.24) is 0 Å². The van der Waals surface area contributed by atoms with Crippen LogP contribution in [0.5, 0.6) is 0 Å². The fourth-order valence-corrected chi connectivity index (χ4v) is 2.49. The molecule has 0 radical (unpaired) electrons. The molecule has 0 saturated heterocycles. The van der Waals surface area contributed by atoms with E-state index in [0.29, 0.717) is 33.6 Å². The number of nitrogen functional groups attached to an aromatic ring is 2. The second-order valence-corrected chi connectivity index (χ2v) is 5.49. The van der Waals surface area contributed by atoms with Gasteiger partial charge in [-0.1, -0.05) is 42.5 Å². The van der Waals surface area contributed by atoms with Crippen LogP contribution in [0.1, 0.15) is 31.8 Å². The Morgan fingerprint density at radius 1 is 0.542 bits per heavy atom. The predicted molar refractivity (Wildman–Crippen MR) is 95.0 cm³/mol. The fourth-order valence-electron chi connectivity index (χ4n) is 2.49. The Bertz CT molecular complexity index is 859. The van der Waals surface area contributed by atoms with Crippen LogP contribution in [0.15, 0.2) is 72.8 Å². The van der Waals surface area contributed by atoms with Crippen molar-refractivity contribution in [2.45, 2.75) is 0 Å². The Hall–Kier alpha value is -3.40. The average molecular weight is 316 g/mol. The van der Waals surface area contributed by atoms with E-state index in [-0.39, 0.29) is 11.6 Å². The van der Waals surface area contributed by atoms with Gasteiger partial charge in [0.1, 0.15) is 0 Å². The van der Waals surface area contributed by atoms with Crippen molar-refractivity contribution in [1.29, 1.82) is 0 Å². The SMILES string of the molecule is Nc1cccc(C(=O)c2cccc(C(=O)c3cccc(N)c3)c2)c1. The molecule has 3 rings (SSSR count). The van der Waals surface area contributed by atoms with E-state index in [9.17, 15) is 9.59 Å². The third kappa shape index (κ3) is 3.17. The van der Waals surface area contributed by atoms with E-state index in [1.54, 1.807) is 72.8 Å². The number of carbonyl (C=O) groups is 2. The summed E-state index contributed by atoms with van der Waals surface area (Å²) in [4.78, 5) is 25.2. The quantitative estimate of drug-likeness (QED) is 0.571. The van der Waals surface area contributed by atoms with Crippen molar-refractivity contribution in [2.24, 2.45) is 0 Å². The van der Waals surface area contributed by atoms with Crippen LogP contribution < -0.4 is 11.5 Å². The number of carbonyl (C=O) groups excluding carboxylic acids is 2. The Balaban J connectivity index is 1.94. The molecule has 0 spiro atoms. The summed E-state index contributed by atoms with van der Waals surface area (Å²) in [6.07, 6.45) is 0. The minimum absolute atomic E-state index is 0.176. The summed E-state index contributed by atoms with van der Waals surface area (Å²) in [6, 6.07) is 20.2. The Kier molecular flexibility index (Phi) is 4.12. The van der Waals surface area contributed by atoms with Gasteiger partial charge in [0.2, 0.25) is 0 Å². The van der Waals surface area contributed by atoms with Crippen LogP contribution in [0.4, 0.5) is 11.4 Å². The molecule has 0 saturated carbocycles. The Morgan fingerprint density at radius 2 is 0.875 bits per heavy atom. The molecule has 0 aliphatic carbocycles. The summed E-state index contributed by atoms with van der Waals surface area (Å²) < 4.78 is 0. The van der Waals surface area contributed by atoms with Crippen molar-refractivity contribution < 1.29 is 9.59 Å². The molecule has 4 heteroatoms. The lowest BCUT2D eigenvalue weighted by atomic mass is 9.97. The third-order valence-electron chi connectivity index (χ3n) is 3.68. The number of hydrogen-bond donors (Lipinski definition) is 2. The average Bonchev–Trinajstić information content (AvgIpc) is 2.60. The van der Waals surface area contributed by atoms with E-state index in [1.165, 1.54) is 0 Å². The first-order valence-electron chi connectivity index (χ1n) is 7.45. The van der Waals surface area contributed by atoms with Crippen LogP contribution in [0.2, 0.25) is 0 Å². The first kappa shape index (κ1) is 15.5. The van der Waals surface area contributed by atoms with Gasteiger partial charge in [-0.25, -0.2) is 0 Å². The van der Waals surface area contributed by atoms with Gasteiger partial charge < -0.3 is 11.5 Å². The Labute approximate surface area is 139 Å². The maximum atomic E-state index is 12.6. The molecule has 4 N–H and O–H groups in total. The summed E-state index contributed by atoms with van der Waals surface area (Å²) in [5.41, 5.74) is 14.4. The van der Waals surface area contributed by atoms with E-state index in [2.05, 4.69) is 0 Å². The highest BCUT2D eigenvalue weighted by molar-refractivity contribution is 6.13. The van der Waals surface area contributed by atoms with Gasteiger partial charge in [0, 0.05) is 33.6 Å². The van der Waals surface area contributed by atoms with E-state index in [1.807, 2.05) is 0 Å². The number of benzene rings is 3. The zero-order valence-corrected chi connectivity index (χ0v) is 12.9. The minimum atomic E-state index is -0.176. The molecule has 0 atom stereocenters. The van der Waals surface area contributed by atoms with Crippen LogP contribution >= 0.6 is 0 Å². The summed E-state index contributed by atoms with van der Waals surface area (Å²) in [5.74, 6) is -0.353. The van der Waals surface area contributed by atoms with Crippen LogP contribution in [-0.2, 0) is 0 Å². The van der Waals surface area contributed by atoms with Gasteiger partial charge in [0.25, 0.3) is 0 Å². The van der Waals surface area contributed by atoms with E-state index in [0.717, 1.165) is 0 Å². The predicted octanol–water partition coefficient (Wildman–Crippen LogP) is 3.31. The molecule has 3 aromatic rings. The molecule has 0 fully saturated rings. The lowest BCUT2D eigenvalue weighted by Gasteiger charge is -2.06. The van der Waals surface area contributed by atoms with Crippen LogP contribution in [0.3, 0.4) is 0 Å². The molecular formula is C20H16N2O2. The van der Waals surface area contributed by atoms with Gasteiger partial charge >= 0.3 is 0 Å². The zero-order valence-electron chi connectivity index (χ0n) is 12.9. The molecule has 0 aliphatic rings. The van der Waals surface area contributed by atoms with Gasteiger partial charge in [0.15, 0.2) is 11.6 Å². The summed E-state index contributed by atoms with van der Waals surface area (Å²) in [6.45, 7) is 0. The second kappa shape index (κ2) is 6.38. The third-order valence-corrected chi connectivity index (χ3v) is 3.68. The standard InChI is InChI=1S/C20H16N2O2/c21-17-8-2-6-15(11-17)19(23)13-4-1-5-14(10-13)20(24)16-7-3-9-18(22)12-16/h1-12H,21-22H2. The highest BCUT2D eigenvalue weighted by Gasteiger charge is 2.14. The molecular weight excluding hydrogens is 300 g/mol. The monoisotopic (exact) mass is 316 g/mol. The van der Waals surface area contributed by atoms with E-state index in [4.69, 9.17) is 11.5 Å².